The molecule has 0 aromatic heterocycles. The fourth-order valence-corrected chi connectivity index (χ4v) is 3.96. The summed E-state index contributed by atoms with van der Waals surface area (Å²) in [7, 11) is 0. The molecule has 3 aliphatic rings. The molecule has 0 aliphatic heterocycles. The van der Waals surface area contributed by atoms with Gasteiger partial charge in [-0.15, -0.1) is 0 Å². The van der Waals surface area contributed by atoms with E-state index in [1.807, 2.05) is 0 Å². The summed E-state index contributed by atoms with van der Waals surface area (Å²) in [6, 6.07) is 0. The van der Waals surface area contributed by atoms with E-state index >= 15 is 0 Å². The highest BCUT2D eigenvalue weighted by molar-refractivity contribution is 5.34. The predicted octanol–water partition coefficient (Wildman–Crippen LogP) is 2.69. The lowest BCUT2D eigenvalue weighted by Crippen LogP contribution is -2.09. The summed E-state index contributed by atoms with van der Waals surface area (Å²) in [6.45, 7) is 7.25. The first kappa shape index (κ1) is 5.62. The molecule has 3 fully saturated rings. The molecule has 3 saturated carbocycles. The first-order chi connectivity index (χ1) is 4.57. The van der Waals surface area contributed by atoms with E-state index in [0.717, 1.165) is 11.3 Å². The molecule has 10 heavy (non-hydrogen) atoms. The maximum Gasteiger partial charge on any atom is -0.0198 e. The van der Waals surface area contributed by atoms with Crippen molar-refractivity contribution < 1.29 is 0 Å². The van der Waals surface area contributed by atoms with Crippen LogP contribution in [0.2, 0.25) is 0 Å². The van der Waals surface area contributed by atoms with Gasteiger partial charge < -0.3 is 0 Å². The molecule has 0 amide bonds. The Bertz CT molecular complexity index is 195. The fraction of sp³-hybridized carbons (Fsp3) is 1.00. The number of hydrogen-bond acceptors (Lipinski definition) is 0. The van der Waals surface area contributed by atoms with Crippen LogP contribution >= 0.6 is 0 Å². The van der Waals surface area contributed by atoms with Crippen LogP contribution in [0.5, 0.6) is 0 Å². The molecule has 4 unspecified atom stereocenters. The molecule has 0 nitrogen and oxygen atoms in total. The van der Waals surface area contributed by atoms with E-state index in [1.54, 1.807) is 12.8 Å². The average molecular weight is 136 g/mol. The Morgan fingerprint density at radius 3 is 2.10 bits per heavy atom. The second-order valence-electron chi connectivity index (χ2n) is 5.70. The zero-order chi connectivity index (χ0) is 7.15. The lowest BCUT2D eigenvalue weighted by atomic mass is 9.88. The van der Waals surface area contributed by atoms with Crippen LogP contribution in [-0.2, 0) is 0 Å². The second kappa shape index (κ2) is 1.09. The molecular weight excluding hydrogens is 120 g/mol. The van der Waals surface area contributed by atoms with Gasteiger partial charge in [-0.3, -0.25) is 0 Å². The van der Waals surface area contributed by atoms with Crippen molar-refractivity contribution in [2.45, 2.75) is 33.6 Å². The third-order valence-corrected chi connectivity index (χ3v) is 4.23. The molecule has 4 atom stereocenters. The molecule has 3 rings (SSSR count). The van der Waals surface area contributed by atoms with Gasteiger partial charge in [-0.2, -0.15) is 0 Å². The molecule has 1 spiro atoms. The van der Waals surface area contributed by atoms with Crippen molar-refractivity contribution in [2.75, 3.05) is 0 Å². The van der Waals surface area contributed by atoms with Crippen LogP contribution < -0.4 is 0 Å². The highest BCUT2D eigenvalue weighted by Crippen LogP contribution is 2.92. The minimum absolute atomic E-state index is 0.621. The predicted molar refractivity (Wildman–Crippen MR) is 41.6 cm³/mol. The first-order valence-corrected chi connectivity index (χ1v) is 4.57. The lowest BCUT2D eigenvalue weighted by molar-refractivity contribution is 0.322. The van der Waals surface area contributed by atoms with Crippen molar-refractivity contribution in [1.82, 2.24) is 0 Å². The summed E-state index contributed by atoms with van der Waals surface area (Å²) < 4.78 is 0. The third-order valence-electron chi connectivity index (χ3n) is 4.23. The third kappa shape index (κ3) is 0.360. The molecule has 0 radical (unpaired) electrons. The SMILES string of the molecule is CC(C)(C)C1C2CC3CC321. The van der Waals surface area contributed by atoms with E-state index in [4.69, 9.17) is 0 Å². The summed E-state index contributed by atoms with van der Waals surface area (Å²) in [4.78, 5) is 0. The molecule has 0 N–H and O–H groups in total. The van der Waals surface area contributed by atoms with Gasteiger partial charge in [0.1, 0.15) is 0 Å². The van der Waals surface area contributed by atoms with Crippen LogP contribution in [0.1, 0.15) is 33.6 Å². The van der Waals surface area contributed by atoms with Crippen molar-refractivity contribution in [3.63, 3.8) is 0 Å². The van der Waals surface area contributed by atoms with Gasteiger partial charge in [-0.05, 0) is 41.4 Å². The van der Waals surface area contributed by atoms with Gasteiger partial charge in [-0.1, -0.05) is 20.8 Å². The van der Waals surface area contributed by atoms with Crippen molar-refractivity contribution in [3.05, 3.63) is 0 Å². The molecule has 0 saturated heterocycles. The Labute approximate surface area is 63.0 Å². The van der Waals surface area contributed by atoms with Gasteiger partial charge in [0.15, 0.2) is 0 Å². The molecule has 0 bridgehead atoms. The Morgan fingerprint density at radius 1 is 1.30 bits per heavy atom. The Morgan fingerprint density at radius 2 is 2.00 bits per heavy atom. The molecule has 0 heterocycles. The number of hydrogen-bond donors (Lipinski definition) is 0. The Balaban J connectivity index is 1.89. The normalized spacial score (nSPS) is 62.1. The van der Waals surface area contributed by atoms with Crippen molar-refractivity contribution in [1.29, 1.82) is 0 Å². The molecule has 0 aromatic carbocycles. The fourth-order valence-electron chi connectivity index (χ4n) is 3.96. The maximum atomic E-state index is 2.42. The zero-order valence-corrected chi connectivity index (χ0v) is 7.15. The molecule has 3 aliphatic carbocycles. The maximum absolute atomic E-state index is 2.42. The highest BCUT2D eigenvalue weighted by atomic mass is 14.9. The topological polar surface area (TPSA) is 0 Å². The van der Waals surface area contributed by atoms with Gasteiger partial charge in [0.25, 0.3) is 0 Å². The van der Waals surface area contributed by atoms with Crippen LogP contribution in [0, 0.1) is 28.6 Å². The summed E-state index contributed by atoms with van der Waals surface area (Å²) in [6.07, 6.45) is 3.18. The minimum Gasteiger partial charge on any atom is -0.0599 e. The largest absolute Gasteiger partial charge is 0.0599 e. The van der Waals surface area contributed by atoms with E-state index < -0.39 is 0 Å². The van der Waals surface area contributed by atoms with Gasteiger partial charge in [0.05, 0.1) is 0 Å². The van der Waals surface area contributed by atoms with E-state index in [1.165, 1.54) is 11.8 Å². The van der Waals surface area contributed by atoms with Gasteiger partial charge in [-0.25, -0.2) is 0 Å². The average Bonchev–Trinajstić information content (AvgIpc) is 2.52. The van der Waals surface area contributed by atoms with Gasteiger partial charge >= 0.3 is 0 Å². The first-order valence-electron chi connectivity index (χ1n) is 4.57. The minimum atomic E-state index is 0.621. The number of rotatable bonds is 0. The van der Waals surface area contributed by atoms with Crippen LogP contribution in [0.25, 0.3) is 0 Å². The second-order valence-corrected chi connectivity index (χ2v) is 5.70. The smallest absolute Gasteiger partial charge is 0.0198 e. The Kier molecular flexibility index (Phi) is 0.612. The van der Waals surface area contributed by atoms with Crippen molar-refractivity contribution in [2.24, 2.45) is 28.6 Å². The standard InChI is InChI=1S/C10H16/c1-9(2,3)8-7-4-6-5-10(6,7)8/h6-8H,4-5H2,1-3H3. The van der Waals surface area contributed by atoms with Crippen LogP contribution in [0.15, 0.2) is 0 Å². The lowest BCUT2D eigenvalue weighted by Gasteiger charge is -2.17. The van der Waals surface area contributed by atoms with Crippen molar-refractivity contribution in [3.8, 4) is 0 Å². The Hall–Kier alpha value is 0. The van der Waals surface area contributed by atoms with Gasteiger partial charge in [0.2, 0.25) is 0 Å². The van der Waals surface area contributed by atoms with Gasteiger partial charge in [0, 0.05) is 0 Å². The van der Waals surface area contributed by atoms with E-state index in [2.05, 4.69) is 20.8 Å². The molecular formula is C10H16. The summed E-state index contributed by atoms with van der Waals surface area (Å²) >= 11 is 0. The van der Waals surface area contributed by atoms with E-state index in [9.17, 15) is 0 Å². The van der Waals surface area contributed by atoms with Crippen LogP contribution in [0.4, 0.5) is 0 Å². The molecule has 0 heteroatoms. The zero-order valence-electron chi connectivity index (χ0n) is 7.15. The summed E-state index contributed by atoms with van der Waals surface area (Å²) in [5, 5.41) is 0. The van der Waals surface area contributed by atoms with Crippen LogP contribution in [-0.4, -0.2) is 0 Å². The van der Waals surface area contributed by atoms with E-state index in [0.29, 0.717) is 5.41 Å². The molecule has 56 valence electrons. The highest BCUT2D eigenvalue weighted by Gasteiger charge is 2.86. The van der Waals surface area contributed by atoms with E-state index in [-0.39, 0.29) is 0 Å². The summed E-state index contributed by atoms with van der Waals surface area (Å²) in [5.74, 6) is 3.49. The summed E-state index contributed by atoms with van der Waals surface area (Å²) in [5.41, 5.74) is 1.58. The quantitative estimate of drug-likeness (QED) is 0.480. The molecule has 0 aromatic rings. The van der Waals surface area contributed by atoms with Crippen molar-refractivity contribution >= 4 is 0 Å². The monoisotopic (exact) mass is 136 g/mol. The van der Waals surface area contributed by atoms with Crippen LogP contribution in [0.3, 0.4) is 0 Å².